The summed E-state index contributed by atoms with van der Waals surface area (Å²) in [6.45, 7) is 0. The normalized spacial score (nSPS) is 12.1. The Labute approximate surface area is 89.2 Å². The monoisotopic (exact) mass is 257 g/mol. The fraction of sp³-hybridized carbons (Fsp3) is 0.222. The van der Waals surface area contributed by atoms with E-state index in [1.54, 1.807) is 12.1 Å². The largest absolute Gasteiger partial charge is 0.303 e. The van der Waals surface area contributed by atoms with Gasteiger partial charge < -0.3 is 4.79 Å². The van der Waals surface area contributed by atoms with Crippen molar-refractivity contribution < 1.29 is 9.72 Å². The molecule has 0 N–H and O–H groups in total. The van der Waals surface area contributed by atoms with Gasteiger partial charge in [0.25, 0.3) is 5.69 Å². The molecule has 0 aliphatic rings. The maximum absolute atomic E-state index is 10.6. The molecule has 0 bridgehead atoms. The second kappa shape index (κ2) is 4.85. The van der Waals surface area contributed by atoms with Gasteiger partial charge in [-0.1, -0.05) is 28.1 Å². The average Bonchev–Trinajstić information content (AvgIpc) is 2.20. The predicted octanol–water partition coefficient (Wildman–Crippen LogP) is 2.27. The van der Waals surface area contributed by atoms with Crippen LogP contribution in [0.1, 0.15) is 11.5 Å². The fourth-order valence-electron chi connectivity index (χ4n) is 1.07. The lowest BCUT2D eigenvalue weighted by molar-refractivity contribution is -0.384. The van der Waals surface area contributed by atoms with Crippen molar-refractivity contribution >= 4 is 27.9 Å². The number of hydrogen-bond acceptors (Lipinski definition) is 3. The highest BCUT2D eigenvalue weighted by molar-refractivity contribution is 9.09. The molecule has 1 aromatic carbocycles. The molecule has 1 aromatic rings. The Morgan fingerprint density at radius 3 is 2.79 bits per heavy atom. The van der Waals surface area contributed by atoms with Crippen molar-refractivity contribution in [2.45, 2.75) is 5.92 Å². The van der Waals surface area contributed by atoms with Gasteiger partial charge in [-0.15, -0.1) is 0 Å². The summed E-state index contributed by atoms with van der Waals surface area (Å²) < 4.78 is 0. The van der Waals surface area contributed by atoms with Gasteiger partial charge in [0, 0.05) is 23.4 Å². The van der Waals surface area contributed by atoms with Crippen molar-refractivity contribution in [1.29, 1.82) is 0 Å². The molecule has 0 heterocycles. The molecule has 1 rings (SSSR count). The van der Waals surface area contributed by atoms with E-state index in [-0.39, 0.29) is 11.6 Å². The van der Waals surface area contributed by atoms with Crippen molar-refractivity contribution in [3.8, 4) is 0 Å². The molecule has 1 unspecified atom stereocenters. The van der Waals surface area contributed by atoms with Crippen molar-refractivity contribution in [3.05, 3.63) is 39.9 Å². The molecule has 0 aromatic heterocycles. The topological polar surface area (TPSA) is 60.2 Å². The summed E-state index contributed by atoms with van der Waals surface area (Å²) in [5.74, 6) is -0.324. The highest BCUT2D eigenvalue weighted by Crippen LogP contribution is 2.20. The Kier molecular flexibility index (Phi) is 3.76. The molecule has 0 saturated heterocycles. The number of carbonyl (C=O) groups excluding carboxylic acids is 1. The zero-order valence-electron chi connectivity index (χ0n) is 7.22. The zero-order valence-corrected chi connectivity index (χ0v) is 8.81. The van der Waals surface area contributed by atoms with E-state index in [1.165, 1.54) is 12.1 Å². The minimum Gasteiger partial charge on any atom is -0.303 e. The number of hydrogen-bond donors (Lipinski definition) is 0. The molecular weight excluding hydrogens is 250 g/mol. The molecule has 0 aliphatic carbocycles. The van der Waals surface area contributed by atoms with Crippen molar-refractivity contribution in [2.24, 2.45) is 0 Å². The Morgan fingerprint density at radius 1 is 1.57 bits per heavy atom. The van der Waals surface area contributed by atoms with Gasteiger partial charge in [-0.25, -0.2) is 0 Å². The molecule has 74 valence electrons. The number of alkyl halides is 1. The number of carbonyl (C=O) groups is 1. The summed E-state index contributed by atoms with van der Waals surface area (Å²) in [7, 11) is 0. The maximum atomic E-state index is 10.6. The molecule has 0 amide bonds. The van der Waals surface area contributed by atoms with Crippen molar-refractivity contribution in [2.75, 3.05) is 5.33 Å². The van der Waals surface area contributed by atoms with Crippen LogP contribution < -0.4 is 0 Å². The lowest BCUT2D eigenvalue weighted by Gasteiger charge is -2.05. The van der Waals surface area contributed by atoms with Crippen LogP contribution in [-0.4, -0.2) is 16.5 Å². The van der Waals surface area contributed by atoms with Crippen LogP contribution >= 0.6 is 15.9 Å². The van der Waals surface area contributed by atoms with E-state index in [2.05, 4.69) is 15.9 Å². The second-order valence-electron chi connectivity index (χ2n) is 2.75. The fourth-order valence-corrected chi connectivity index (χ4v) is 1.60. The molecule has 1 atom stereocenters. The summed E-state index contributed by atoms with van der Waals surface area (Å²) in [6, 6.07) is 6.10. The van der Waals surface area contributed by atoms with E-state index in [4.69, 9.17) is 0 Å². The summed E-state index contributed by atoms with van der Waals surface area (Å²) in [5.41, 5.74) is 0.668. The first-order chi connectivity index (χ1) is 6.69. The Morgan fingerprint density at radius 2 is 2.29 bits per heavy atom. The summed E-state index contributed by atoms with van der Waals surface area (Å²) in [4.78, 5) is 20.6. The minimum atomic E-state index is -0.473. The van der Waals surface area contributed by atoms with Crippen molar-refractivity contribution in [3.63, 3.8) is 0 Å². The van der Waals surface area contributed by atoms with Crippen LogP contribution in [0.3, 0.4) is 0 Å². The molecule has 0 spiro atoms. The molecule has 14 heavy (non-hydrogen) atoms. The summed E-state index contributed by atoms with van der Waals surface area (Å²) in [5, 5.41) is 10.9. The number of halogens is 1. The van der Waals surface area contributed by atoms with Gasteiger partial charge in [0.1, 0.15) is 6.29 Å². The smallest absolute Gasteiger partial charge is 0.269 e. The first-order valence-electron chi connectivity index (χ1n) is 3.94. The van der Waals surface area contributed by atoms with Crippen LogP contribution in [0.2, 0.25) is 0 Å². The minimum absolute atomic E-state index is 0.00954. The van der Waals surface area contributed by atoms with Gasteiger partial charge >= 0.3 is 0 Å². The lowest BCUT2D eigenvalue weighted by atomic mass is 10.0. The van der Waals surface area contributed by atoms with Crippen LogP contribution in [0, 0.1) is 10.1 Å². The number of benzene rings is 1. The lowest BCUT2D eigenvalue weighted by Crippen LogP contribution is -2.01. The summed E-state index contributed by atoms with van der Waals surface area (Å²) in [6.07, 6.45) is 0.772. The number of non-ortho nitro benzene ring substituents is 1. The van der Waals surface area contributed by atoms with E-state index in [1.807, 2.05) is 0 Å². The van der Waals surface area contributed by atoms with Crippen LogP contribution in [0.15, 0.2) is 24.3 Å². The standard InChI is InChI=1S/C9H8BrNO3/c10-5-8(6-12)7-2-1-3-9(4-7)11(13)14/h1-4,6,8H,5H2. The third kappa shape index (κ3) is 2.38. The van der Waals surface area contributed by atoms with E-state index >= 15 is 0 Å². The highest BCUT2D eigenvalue weighted by atomic mass is 79.9. The molecule has 0 aliphatic heterocycles. The SMILES string of the molecule is O=CC(CBr)c1cccc([N+](=O)[O-])c1. The van der Waals surface area contributed by atoms with Crippen LogP contribution in [-0.2, 0) is 4.79 Å². The molecule has 0 radical (unpaired) electrons. The van der Waals surface area contributed by atoms with Gasteiger partial charge in [0.05, 0.1) is 4.92 Å². The Balaban J connectivity index is 3.03. The van der Waals surface area contributed by atoms with Crippen LogP contribution in [0.25, 0.3) is 0 Å². The number of rotatable bonds is 4. The summed E-state index contributed by atoms with van der Waals surface area (Å²) >= 11 is 3.17. The quantitative estimate of drug-likeness (QED) is 0.360. The molecule has 4 nitrogen and oxygen atoms in total. The maximum Gasteiger partial charge on any atom is 0.269 e. The molecule has 5 heteroatoms. The molecular formula is C9H8BrNO3. The predicted molar refractivity (Wildman–Crippen MR) is 55.7 cm³/mol. The van der Waals surface area contributed by atoms with Crippen LogP contribution in [0.5, 0.6) is 0 Å². The zero-order chi connectivity index (χ0) is 10.6. The van der Waals surface area contributed by atoms with Crippen molar-refractivity contribution in [1.82, 2.24) is 0 Å². The Bertz CT molecular complexity index is 354. The molecule has 0 fully saturated rings. The van der Waals surface area contributed by atoms with Gasteiger partial charge in [-0.2, -0.15) is 0 Å². The first kappa shape index (κ1) is 10.8. The van der Waals surface area contributed by atoms with E-state index in [9.17, 15) is 14.9 Å². The van der Waals surface area contributed by atoms with E-state index in [0.29, 0.717) is 10.9 Å². The number of nitro groups is 1. The number of nitro benzene ring substituents is 1. The number of nitrogens with zero attached hydrogens (tertiary/aromatic N) is 1. The average molecular weight is 258 g/mol. The highest BCUT2D eigenvalue weighted by Gasteiger charge is 2.12. The second-order valence-corrected chi connectivity index (χ2v) is 3.40. The van der Waals surface area contributed by atoms with Gasteiger partial charge in [0.2, 0.25) is 0 Å². The van der Waals surface area contributed by atoms with Gasteiger partial charge in [-0.3, -0.25) is 10.1 Å². The van der Waals surface area contributed by atoms with Crippen LogP contribution in [0.4, 0.5) is 5.69 Å². The van der Waals surface area contributed by atoms with E-state index in [0.717, 1.165) is 6.29 Å². The third-order valence-electron chi connectivity index (χ3n) is 1.84. The third-order valence-corrected chi connectivity index (χ3v) is 2.54. The Hall–Kier alpha value is -1.23. The number of aldehydes is 1. The van der Waals surface area contributed by atoms with Gasteiger partial charge in [0.15, 0.2) is 0 Å². The first-order valence-corrected chi connectivity index (χ1v) is 5.06. The van der Waals surface area contributed by atoms with Gasteiger partial charge in [-0.05, 0) is 5.56 Å². The molecule has 0 saturated carbocycles. The van der Waals surface area contributed by atoms with E-state index < -0.39 is 4.92 Å².